The normalized spacial score (nSPS) is 11.7. The molecule has 3 nitrogen and oxygen atoms in total. The van der Waals surface area contributed by atoms with Gasteiger partial charge in [-0.25, -0.2) is 0 Å². The zero-order chi connectivity index (χ0) is 32.3. The molecule has 0 atom stereocenters. The van der Waals surface area contributed by atoms with Gasteiger partial charge in [-0.2, -0.15) is 0 Å². The van der Waals surface area contributed by atoms with Crippen molar-refractivity contribution in [1.29, 1.82) is 0 Å². The van der Waals surface area contributed by atoms with Crippen molar-refractivity contribution < 1.29 is 4.42 Å². The minimum Gasteiger partial charge on any atom is -0.456 e. The third kappa shape index (κ3) is 4.44. The Balaban J connectivity index is 1.15. The van der Waals surface area contributed by atoms with Crippen LogP contribution < -0.4 is 4.90 Å². The third-order valence-corrected chi connectivity index (χ3v) is 9.78. The summed E-state index contributed by atoms with van der Waals surface area (Å²) in [5.74, 6) is 0. The molecule has 0 unspecified atom stereocenters. The highest BCUT2D eigenvalue weighted by molar-refractivity contribution is 6.19. The topological polar surface area (TPSA) is 21.3 Å². The van der Waals surface area contributed by atoms with E-state index in [9.17, 15) is 0 Å². The number of aromatic nitrogens is 1. The molecule has 0 radical (unpaired) electrons. The Kier molecular flexibility index (Phi) is 6.18. The fourth-order valence-corrected chi connectivity index (χ4v) is 7.50. The highest BCUT2D eigenvalue weighted by atomic mass is 16.3. The molecule has 10 aromatic rings. The molecule has 0 fully saturated rings. The van der Waals surface area contributed by atoms with Crippen molar-refractivity contribution >= 4 is 71.6 Å². The summed E-state index contributed by atoms with van der Waals surface area (Å²) >= 11 is 0. The first-order chi connectivity index (χ1) is 24.3. The largest absolute Gasteiger partial charge is 0.456 e. The molecule has 3 heteroatoms. The quantitative estimate of drug-likeness (QED) is 0.190. The van der Waals surface area contributed by atoms with E-state index >= 15 is 0 Å². The zero-order valence-electron chi connectivity index (χ0n) is 26.6. The number of hydrogen-bond donors (Lipinski definition) is 0. The minimum absolute atomic E-state index is 0.903. The Hall–Kier alpha value is -6.58. The Morgan fingerprint density at radius 2 is 0.939 bits per heavy atom. The fraction of sp³-hybridized carbons (Fsp3) is 0. The van der Waals surface area contributed by atoms with Gasteiger partial charge >= 0.3 is 0 Å². The maximum Gasteiger partial charge on any atom is 0.136 e. The van der Waals surface area contributed by atoms with Crippen molar-refractivity contribution in [2.75, 3.05) is 4.90 Å². The van der Waals surface area contributed by atoms with Crippen LogP contribution in [0.15, 0.2) is 186 Å². The monoisotopic (exact) mass is 626 g/mol. The van der Waals surface area contributed by atoms with Crippen molar-refractivity contribution in [3.63, 3.8) is 0 Å². The second-order valence-electron chi connectivity index (χ2n) is 12.6. The number of nitrogens with zero attached hydrogens (tertiary/aromatic N) is 2. The van der Waals surface area contributed by atoms with Gasteiger partial charge < -0.3 is 13.9 Å². The number of anilines is 3. The van der Waals surface area contributed by atoms with Crippen molar-refractivity contribution in [3.8, 4) is 16.8 Å². The van der Waals surface area contributed by atoms with Crippen LogP contribution in [-0.4, -0.2) is 4.57 Å². The zero-order valence-corrected chi connectivity index (χ0v) is 26.6. The van der Waals surface area contributed by atoms with Gasteiger partial charge in [0.2, 0.25) is 0 Å². The summed E-state index contributed by atoms with van der Waals surface area (Å²) < 4.78 is 8.64. The van der Waals surface area contributed by atoms with Gasteiger partial charge in [0.05, 0.1) is 11.0 Å². The van der Waals surface area contributed by atoms with Gasteiger partial charge in [-0.1, -0.05) is 109 Å². The smallest absolute Gasteiger partial charge is 0.136 e. The lowest BCUT2D eigenvalue weighted by molar-refractivity contribution is 0.669. The third-order valence-electron chi connectivity index (χ3n) is 9.78. The summed E-state index contributed by atoms with van der Waals surface area (Å²) in [6.07, 6.45) is 0. The molecule has 2 heterocycles. The summed E-state index contributed by atoms with van der Waals surface area (Å²) in [7, 11) is 0. The molecule has 0 spiro atoms. The van der Waals surface area contributed by atoms with Gasteiger partial charge in [-0.3, -0.25) is 0 Å². The van der Waals surface area contributed by atoms with Crippen molar-refractivity contribution in [2.45, 2.75) is 0 Å². The number of hydrogen-bond acceptors (Lipinski definition) is 2. The molecule has 0 aliphatic carbocycles. The van der Waals surface area contributed by atoms with Crippen LogP contribution >= 0.6 is 0 Å². The average molecular weight is 627 g/mol. The summed E-state index contributed by atoms with van der Waals surface area (Å²) in [6, 6.07) is 65.0. The van der Waals surface area contributed by atoms with Gasteiger partial charge in [-0.05, 0) is 94.7 Å². The van der Waals surface area contributed by atoms with Crippen molar-refractivity contribution in [3.05, 3.63) is 182 Å². The Bertz CT molecular complexity index is 2750. The SMILES string of the molecule is c1ccc(-c2ccc(N(c3ccc(-n4c5ccccc5c5ccccc54)cc3)c3ccc4ccc5oc6ccccc6c5c4c3)cc2)cc1. The van der Waals surface area contributed by atoms with Gasteiger partial charge in [-0.15, -0.1) is 0 Å². The molecule has 8 aromatic carbocycles. The molecular formula is C46H30N2O. The van der Waals surface area contributed by atoms with Crippen molar-refractivity contribution in [1.82, 2.24) is 4.57 Å². The molecule has 49 heavy (non-hydrogen) atoms. The van der Waals surface area contributed by atoms with E-state index in [1.165, 1.54) is 43.7 Å². The van der Waals surface area contributed by atoms with Crippen LogP contribution in [0, 0.1) is 0 Å². The van der Waals surface area contributed by atoms with E-state index in [0.717, 1.165) is 44.7 Å². The molecule has 0 bridgehead atoms. The molecule has 0 aliphatic rings. The minimum atomic E-state index is 0.903. The maximum absolute atomic E-state index is 6.28. The van der Waals surface area contributed by atoms with Crippen LogP contribution in [0.3, 0.4) is 0 Å². The van der Waals surface area contributed by atoms with E-state index < -0.39 is 0 Å². The number of fused-ring (bicyclic) bond motifs is 8. The summed E-state index contributed by atoms with van der Waals surface area (Å²) in [5.41, 5.74) is 11.0. The van der Waals surface area contributed by atoms with E-state index in [1.807, 2.05) is 12.1 Å². The average Bonchev–Trinajstić information content (AvgIpc) is 3.72. The predicted octanol–water partition coefficient (Wildman–Crippen LogP) is 13.0. The van der Waals surface area contributed by atoms with Gasteiger partial charge in [0.15, 0.2) is 0 Å². The van der Waals surface area contributed by atoms with E-state index in [0.29, 0.717) is 0 Å². The first-order valence-corrected chi connectivity index (χ1v) is 16.7. The molecule has 0 N–H and O–H groups in total. The highest BCUT2D eigenvalue weighted by Gasteiger charge is 2.17. The van der Waals surface area contributed by atoms with Gasteiger partial charge in [0.25, 0.3) is 0 Å². The van der Waals surface area contributed by atoms with Crippen molar-refractivity contribution in [2.24, 2.45) is 0 Å². The summed E-state index contributed by atoms with van der Waals surface area (Å²) in [5, 5.41) is 7.16. The van der Waals surface area contributed by atoms with Gasteiger partial charge in [0, 0.05) is 44.3 Å². The van der Waals surface area contributed by atoms with Crippen LogP contribution in [0.5, 0.6) is 0 Å². The molecule has 230 valence electrons. The van der Waals surface area contributed by atoms with Crippen LogP contribution in [0.2, 0.25) is 0 Å². The highest BCUT2D eigenvalue weighted by Crippen LogP contribution is 2.41. The molecule has 0 saturated carbocycles. The number of benzene rings is 8. The summed E-state index contributed by atoms with van der Waals surface area (Å²) in [6.45, 7) is 0. The lowest BCUT2D eigenvalue weighted by Crippen LogP contribution is -2.10. The standard InChI is InChI=1S/C46H30N2O/c1-2-10-31(11-3-1)32-18-22-34(23-19-32)47(37-24-20-33-21-29-45-46(41(33)30-37)40-14-6-9-17-44(40)49-45)35-25-27-36(28-26-35)48-42-15-7-4-12-38(42)39-13-5-8-16-43(39)48/h1-30H. The number of rotatable bonds is 5. The van der Waals surface area contributed by atoms with E-state index in [4.69, 9.17) is 4.42 Å². The second kappa shape index (κ2) is 11.0. The van der Waals surface area contributed by atoms with Gasteiger partial charge in [0.1, 0.15) is 11.2 Å². The lowest BCUT2D eigenvalue weighted by atomic mass is 10.0. The van der Waals surface area contributed by atoms with E-state index in [-0.39, 0.29) is 0 Å². The maximum atomic E-state index is 6.28. The Labute approximate surface area is 283 Å². The number of furan rings is 1. The Morgan fingerprint density at radius 3 is 1.65 bits per heavy atom. The molecule has 2 aromatic heterocycles. The van der Waals surface area contributed by atoms with Crippen LogP contribution in [0.4, 0.5) is 17.1 Å². The van der Waals surface area contributed by atoms with E-state index in [1.54, 1.807) is 0 Å². The predicted molar refractivity (Wildman–Crippen MR) is 206 cm³/mol. The number of para-hydroxylation sites is 3. The summed E-state index contributed by atoms with van der Waals surface area (Å²) in [4.78, 5) is 2.35. The van der Waals surface area contributed by atoms with Crippen LogP contribution in [0.25, 0.3) is 71.3 Å². The van der Waals surface area contributed by atoms with E-state index in [2.05, 4.69) is 179 Å². The lowest BCUT2D eigenvalue weighted by Gasteiger charge is -2.26. The van der Waals surface area contributed by atoms with Crippen LogP contribution in [-0.2, 0) is 0 Å². The fourth-order valence-electron chi connectivity index (χ4n) is 7.50. The first kappa shape index (κ1) is 27.5. The first-order valence-electron chi connectivity index (χ1n) is 16.7. The molecular weight excluding hydrogens is 597 g/mol. The second-order valence-corrected chi connectivity index (χ2v) is 12.6. The molecule has 0 saturated heterocycles. The molecule has 0 aliphatic heterocycles. The molecule has 0 amide bonds. The van der Waals surface area contributed by atoms with Crippen LogP contribution in [0.1, 0.15) is 0 Å². The molecule has 10 rings (SSSR count). The Morgan fingerprint density at radius 1 is 0.388 bits per heavy atom.